The van der Waals surface area contributed by atoms with Crippen molar-refractivity contribution in [3.05, 3.63) is 94.2 Å². The molecule has 1 N–H and O–H groups in total. The van der Waals surface area contributed by atoms with Gasteiger partial charge in [-0.2, -0.15) is 11.3 Å². The number of hydrogen-bond acceptors (Lipinski definition) is 4. The number of rotatable bonds is 7. The van der Waals surface area contributed by atoms with E-state index in [4.69, 9.17) is 0 Å². The van der Waals surface area contributed by atoms with E-state index in [0.717, 1.165) is 38.3 Å². The molecule has 1 aromatic heterocycles. The van der Waals surface area contributed by atoms with Crippen LogP contribution in [0.15, 0.2) is 77.5 Å². The molecule has 1 aliphatic heterocycles. The second kappa shape index (κ2) is 9.83. The van der Waals surface area contributed by atoms with Crippen molar-refractivity contribution in [2.24, 2.45) is 0 Å². The first-order chi connectivity index (χ1) is 14.3. The maximum absolute atomic E-state index is 12.1. The minimum Gasteiger partial charge on any atom is -0.351 e. The highest BCUT2D eigenvalue weighted by molar-refractivity contribution is 7.08. The first kappa shape index (κ1) is 19.8. The largest absolute Gasteiger partial charge is 0.351 e. The molecule has 1 amide bonds. The van der Waals surface area contributed by atoms with Crippen molar-refractivity contribution in [3.63, 3.8) is 0 Å². The number of hydrogen-bond donors (Lipinski definition) is 1. The Bertz CT molecular complexity index is 836. The molecule has 1 fully saturated rings. The van der Waals surface area contributed by atoms with Crippen LogP contribution in [0.1, 0.15) is 27.5 Å². The van der Waals surface area contributed by atoms with Crippen LogP contribution in [0.2, 0.25) is 0 Å². The zero-order valence-electron chi connectivity index (χ0n) is 16.5. The molecular weight excluding hydrogens is 378 g/mol. The van der Waals surface area contributed by atoms with E-state index >= 15 is 0 Å². The molecule has 0 unspecified atom stereocenters. The molecule has 2 heterocycles. The third kappa shape index (κ3) is 5.12. The van der Waals surface area contributed by atoms with Crippen LogP contribution < -0.4 is 5.32 Å². The number of carbonyl (C=O) groups is 1. The maximum Gasteiger partial charge on any atom is 0.252 e. The molecule has 0 bridgehead atoms. The van der Waals surface area contributed by atoms with Crippen molar-refractivity contribution < 1.29 is 4.79 Å². The van der Waals surface area contributed by atoms with Crippen LogP contribution in [-0.2, 0) is 0 Å². The van der Waals surface area contributed by atoms with Crippen molar-refractivity contribution >= 4 is 17.2 Å². The molecule has 4 nitrogen and oxygen atoms in total. The highest BCUT2D eigenvalue weighted by Crippen LogP contribution is 2.29. The molecule has 150 valence electrons. The van der Waals surface area contributed by atoms with E-state index in [9.17, 15) is 4.79 Å². The van der Waals surface area contributed by atoms with Gasteiger partial charge in [0.15, 0.2) is 0 Å². The highest BCUT2D eigenvalue weighted by atomic mass is 32.1. The second-order valence-corrected chi connectivity index (χ2v) is 8.15. The summed E-state index contributed by atoms with van der Waals surface area (Å²) in [5.41, 5.74) is 3.44. The van der Waals surface area contributed by atoms with Gasteiger partial charge in [-0.3, -0.25) is 14.6 Å². The van der Waals surface area contributed by atoms with Crippen molar-refractivity contribution in [2.45, 2.75) is 6.04 Å². The van der Waals surface area contributed by atoms with Gasteiger partial charge in [0.05, 0.1) is 6.04 Å². The topological polar surface area (TPSA) is 35.6 Å². The Hall–Kier alpha value is -2.47. The van der Waals surface area contributed by atoms with Crippen LogP contribution in [-0.4, -0.2) is 55.0 Å². The summed E-state index contributed by atoms with van der Waals surface area (Å²) in [5.74, 6) is 0.0260. The molecular formula is C24H27N3OS. The highest BCUT2D eigenvalue weighted by Gasteiger charge is 2.26. The number of nitrogens with zero attached hydrogens (tertiary/aromatic N) is 2. The van der Waals surface area contributed by atoms with Gasteiger partial charge in [-0.25, -0.2) is 0 Å². The molecule has 3 aromatic rings. The molecule has 1 aliphatic rings. The number of thiophene rings is 1. The predicted molar refractivity (Wildman–Crippen MR) is 119 cm³/mol. The van der Waals surface area contributed by atoms with Gasteiger partial charge >= 0.3 is 0 Å². The van der Waals surface area contributed by atoms with Crippen LogP contribution >= 0.6 is 11.3 Å². The lowest BCUT2D eigenvalue weighted by molar-refractivity contribution is 0.0921. The molecule has 0 radical (unpaired) electrons. The average molecular weight is 406 g/mol. The first-order valence-corrected chi connectivity index (χ1v) is 11.1. The monoisotopic (exact) mass is 405 g/mol. The number of benzene rings is 2. The lowest BCUT2D eigenvalue weighted by Crippen LogP contribution is -2.49. The van der Waals surface area contributed by atoms with Gasteiger partial charge in [0.25, 0.3) is 5.91 Å². The lowest BCUT2D eigenvalue weighted by atomic mass is 9.96. The summed E-state index contributed by atoms with van der Waals surface area (Å²) >= 11 is 1.55. The Morgan fingerprint density at radius 1 is 0.897 bits per heavy atom. The van der Waals surface area contributed by atoms with E-state index in [0.29, 0.717) is 6.54 Å². The summed E-state index contributed by atoms with van der Waals surface area (Å²) in [6.45, 7) is 5.66. The van der Waals surface area contributed by atoms with E-state index in [2.05, 4.69) is 75.8 Å². The van der Waals surface area contributed by atoms with E-state index in [1.165, 1.54) is 11.1 Å². The summed E-state index contributed by atoms with van der Waals surface area (Å²) in [6, 6.07) is 23.7. The average Bonchev–Trinajstić information content (AvgIpc) is 3.32. The van der Waals surface area contributed by atoms with E-state index < -0.39 is 0 Å². The Morgan fingerprint density at radius 2 is 1.52 bits per heavy atom. The summed E-state index contributed by atoms with van der Waals surface area (Å²) in [7, 11) is 0. The van der Waals surface area contributed by atoms with Gasteiger partial charge in [-0.05, 0) is 22.6 Å². The Labute approximate surface area is 176 Å². The smallest absolute Gasteiger partial charge is 0.252 e. The molecule has 29 heavy (non-hydrogen) atoms. The van der Waals surface area contributed by atoms with Crippen molar-refractivity contribution in [3.8, 4) is 0 Å². The van der Waals surface area contributed by atoms with Crippen molar-refractivity contribution in [1.82, 2.24) is 15.1 Å². The lowest BCUT2D eigenvalue weighted by Gasteiger charge is -2.39. The fourth-order valence-corrected chi connectivity index (χ4v) is 4.59. The van der Waals surface area contributed by atoms with Crippen LogP contribution in [0, 0.1) is 0 Å². The van der Waals surface area contributed by atoms with Crippen molar-refractivity contribution in [2.75, 3.05) is 39.3 Å². The molecule has 4 rings (SSSR count). The fourth-order valence-electron chi connectivity index (χ4n) is 3.95. The Morgan fingerprint density at radius 3 is 2.07 bits per heavy atom. The van der Waals surface area contributed by atoms with Crippen LogP contribution in [0.3, 0.4) is 0 Å². The fraction of sp³-hybridized carbons (Fsp3) is 0.292. The summed E-state index contributed by atoms with van der Waals surface area (Å²) in [5, 5.41) is 6.86. The Balaban J connectivity index is 1.33. The van der Waals surface area contributed by atoms with Gasteiger partial charge in [0.1, 0.15) is 0 Å². The third-order valence-electron chi connectivity index (χ3n) is 5.50. The summed E-state index contributed by atoms with van der Waals surface area (Å²) < 4.78 is 0. The molecule has 0 spiro atoms. The second-order valence-electron chi connectivity index (χ2n) is 7.37. The van der Waals surface area contributed by atoms with E-state index in [1.807, 2.05) is 16.8 Å². The predicted octanol–water partition coefficient (Wildman–Crippen LogP) is 3.89. The third-order valence-corrected chi connectivity index (χ3v) is 6.18. The van der Waals surface area contributed by atoms with Crippen LogP contribution in [0.5, 0.6) is 0 Å². The van der Waals surface area contributed by atoms with E-state index in [-0.39, 0.29) is 11.9 Å². The standard InChI is InChI=1S/C24H27N3OS/c28-24(22-11-18-29-19-22)25-12-13-26-14-16-27(17-15-26)23(20-7-3-1-4-8-20)21-9-5-2-6-10-21/h1-11,18-19,23H,12-17H2,(H,25,28). The summed E-state index contributed by atoms with van der Waals surface area (Å²) in [6.07, 6.45) is 0. The molecule has 5 heteroatoms. The zero-order chi connectivity index (χ0) is 19.9. The quantitative estimate of drug-likeness (QED) is 0.648. The van der Waals surface area contributed by atoms with Gasteiger partial charge < -0.3 is 5.32 Å². The molecule has 1 saturated heterocycles. The Kier molecular flexibility index (Phi) is 6.72. The molecule has 0 saturated carbocycles. The number of amides is 1. The number of carbonyl (C=O) groups excluding carboxylic acids is 1. The number of nitrogens with one attached hydrogen (secondary N) is 1. The van der Waals surface area contributed by atoms with Gasteiger partial charge in [0, 0.05) is 50.2 Å². The molecule has 0 aliphatic carbocycles. The molecule has 2 aromatic carbocycles. The molecule has 0 atom stereocenters. The maximum atomic E-state index is 12.1. The number of piperazine rings is 1. The minimum absolute atomic E-state index is 0.0260. The summed E-state index contributed by atoms with van der Waals surface area (Å²) in [4.78, 5) is 17.1. The van der Waals surface area contributed by atoms with Crippen molar-refractivity contribution in [1.29, 1.82) is 0 Å². The van der Waals surface area contributed by atoms with Gasteiger partial charge in [0.2, 0.25) is 0 Å². The van der Waals surface area contributed by atoms with E-state index in [1.54, 1.807) is 11.3 Å². The van der Waals surface area contributed by atoms with Gasteiger partial charge in [-0.1, -0.05) is 60.7 Å². The SMILES string of the molecule is O=C(NCCN1CCN(C(c2ccccc2)c2ccccc2)CC1)c1ccsc1. The normalized spacial score (nSPS) is 15.5. The zero-order valence-corrected chi connectivity index (χ0v) is 17.4. The van der Waals surface area contributed by atoms with Crippen LogP contribution in [0.4, 0.5) is 0 Å². The van der Waals surface area contributed by atoms with Crippen LogP contribution in [0.25, 0.3) is 0 Å². The van der Waals surface area contributed by atoms with Gasteiger partial charge in [-0.15, -0.1) is 0 Å². The first-order valence-electron chi connectivity index (χ1n) is 10.2. The minimum atomic E-state index is 0.0260.